The van der Waals surface area contributed by atoms with Crippen molar-refractivity contribution in [2.24, 2.45) is 10.4 Å². The van der Waals surface area contributed by atoms with E-state index in [2.05, 4.69) is 31.4 Å². The van der Waals surface area contributed by atoms with Crippen molar-refractivity contribution in [1.82, 2.24) is 15.6 Å². The summed E-state index contributed by atoms with van der Waals surface area (Å²) in [5.41, 5.74) is 1.58. The van der Waals surface area contributed by atoms with Crippen molar-refractivity contribution in [3.63, 3.8) is 0 Å². The Morgan fingerprint density at radius 2 is 2.00 bits per heavy atom. The number of nitrogens with one attached hydrogen (secondary N) is 2. The molecule has 0 saturated heterocycles. The number of hydrogen-bond donors (Lipinski definition) is 2. The molecule has 1 saturated carbocycles. The lowest BCUT2D eigenvalue weighted by molar-refractivity contribution is 0.141. The number of rotatable bonds is 10. The van der Waals surface area contributed by atoms with Crippen LogP contribution in [0.5, 0.6) is 0 Å². The average molecular weight is 509 g/mol. The molecule has 0 amide bonds. The van der Waals surface area contributed by atoms with Gasteiger partial charge in [-0.05, 0) is 44.9 Å². The second kappa shape index (κ2) is 12.9. The minimum Gasteiger partial charge on any atom is -0.385 e. The minimum absolute atomic E-state index is 0. The van der Waals surface area contributed by atoms with Crippen LogP contribution in [-0.2, 0) is 17.6 Å². The lowest BCUT2D eigenvalue weighted by atomic mass is 9.83. The highest BCUT2D eigenvalue weighted by molar-refractivity contribution is 14.0. The molecule has 7 heteroatoms. The summed E-state index contributed by atoms with van der Waals surface area (Å²) in [7, 11) is 1.79. The lowest BCUT2D eigenvalue weighted by Crippen LogP contribution is -2.39. The van der Waals surface area contributed by atoms with Crippen LogP contribution in [0, 0.1) is 12.3 Å². The molecule has 1 aromatic rings. The van der Waals surface area contributed by atoms with Crippen molar-refractivity contribution in [2.75, 3.05) is 33.4 Å². The van der Waals surface area contributed by atoms with Gasteiger partial charge in [-0.15, -0.1) is 35.3 Å². The minimum atomic E-state index is 0. The first-order valence-corrected chi connectivity index (χ1v) is 10.9. The van der Waals surface area contributed by atoms with Gasteiger partial charge in [0, 0.05) is 44.6 Å². The van der Waals surface area contributed by atoms with Gasteiger partial charge in [0.05, 0.1) is 10.7 Å². The number of nitrogens with zero attached hydrogens (tertiary/aromatic N) is 2. The van der Waals surface area contributed by atoms with Crippen LogP contribution >= 0.6 is 35.3 Å². The number of aliphatic imine (C=N–C) groups is 1. The second-order valence-electron chi connectivity index (χ2n) is 7.29. The van der Waals surface area contributed by atoms with E-state index in [1.165, 1.54) is 41.3 Å². The zero-order valence-electron chi connectivity index (χ0n) is 17.4. The zero-order valence-corrected chi connectivity index (χ0v) is 20.5. The van der Waals surface area contributed by atoms with Gasteiger partial charge in [-0.2, -0.15) is 0 Å². The third-order valence-electron chi connectivity index (χ3n) is 5.32. The molecule has 1 aliphatic carbocycles. The Morgan fingerprint density at radius 1 is 1.26 bits per heavy atom. The number of thiazole rings is 1. The van der Waals surface area contributed by atoms with Crippen LogP contribution in [0.2, 0.25) is 0 Å². The van der Waals surface area contributed by atoms with Crippen LogP contribution in [0.1, 0.15) is 61.5 Å². The summed E-state index contributed by atoms with van der Waals surface area (Å²) >= 11 is 1.82. The van der Waals surface area contributed by atoms with Gasteiger partial charge >= 0.3 is 0 Å². The fourth-order valence-electron chi connectivity index (χ4n) is 3.73. The van der Waals surface area contributed by atoms with Crippen molar-refractivity contribution in [2.45, 2.75) is 65.7 Å². The zero-order chi connectivity index (χ0) is 18.8. The van der Waals surface area contributed by atoms with Crippen molar-refractivity contribution in [3.8, 4) is 0 Å². The summed E-state index contributed by atoms with van der Waals surface area (Å²) in [5, 5.41) is 8.09. The molecule has 156 valence electrons. The maximum atomic E-state index is 5.33. The van der Waals surface area contributed by atoms with E-state index in [4.69, 9.17) is 14.7 Å². The van der Waals surface area contributed by atoms with Crippen molar-refractivity contribution >= 4 is 41.3 Å². The standard InChI is InChI=1S/C20H36N4OS.HI/c1-5-17-16(3)26-18(24-17)9-13-22-19(21-6-2)23-15-20(12-14-25-4)10-7-8-11-20;/h5-15H2,1-4H3,(H2,21,22,23);1H. The molecule has 0 radical (unpaired) electrons. The van der Waals surface area contributed by atoms with Gasteiger partial charge in [0.15, 0.2) is 5.96 Å². The molecule has 2 rings (SSSR count). The lowest BCUT2D eigenvalue weighted by Gasteiger charge is -2.27. The Bertz CT molecular complexity index is 570. The molecular formula is C20H37IN4OS. The first kappa shape index (κ1) is 24.6. The highest BCUT2D eigenvalue weighted by Crippen LogP contribution is 2.41. The van der Waals surface area contributed by atoms with Gasteiger partial charge in [-0.25, -0.2) is 4.98 Å². The van der Waals surface area contributed by atoms with E-state index in [-0.39, 0.29) is 24.0 Å². The molecule has 5 nitrogen and oxygen atoms in total. The summed E-state index contributed by atoms with van der Waals surface area (Å²) in [6.07, 6.45) is 8.28. The van der Waals surface area contributed by atoms with Crippen LogP contribution in [0.15, 0.2) is 4.99 Å². The van der Waals surface area contributed by atoms with Gasteiger partial charge in [-0.3, -0.25) is 4.99 Å². The number of halogens is 1. The molecule has 1 aromatic heterocycles. The number of aryl methyl sites for hydroxylation is 2. The molecule has 2 N–H and O–H groups in total. The topological polar surface area (TPSA) is 58.5 Å². The Morgan fingerprint density at radius 3 is 2.59 bits per heavy atom. The van der Waals surface area contributed by atoms with Gasteiger partial charge in [0.2, 0.25) is 0 Å². The van der Waals surface area contributed by atoms with Gasteiger partial charge in [-0.1, -0.05) is 19.8 Å². The number of ether oxygens (including phenoxy) is 1. The molecule has 1 heterocycles. The Kier molecular flexibility index (Phi) is 11.8. The summed E-state index contributed by atoms with van der Waals surface area (Å²) < 4.78 is 5.33. The molecule has 1 aliphatic rings. The van der Waals surface area contributed by atoms with Crippen LogP contribution < -0.4 is 10.6 Å². The number of guanidine groups is 1. The third kappa shape index (κ3) is 7.85. The summed E-state index contributed by atoms with van der Waals surface area (Å²) in [5.74, 6) is 0.931. The van der Waals surface area contributed by atoms with Crippen LogP contribution in [0.4, 0.5) is 0 Å². The van der Waals surface area contributed by atoms with Crippen molar-refractivity contribution in [1.29, 1.82) is 0 Å². The maximum Gasteiger partial charge on any atom is 0.191 e. The fourth-order valence-corrected chi connectivity index (χ4v) is 4.75. The van der Waals surface area contributed by atoms with Crippen molar-refractivity contribution in [3.05, 3.63) is 15.6 Å². The average Bonchev–Trinajstić information content (AvgIpc) is 3.25. The molecule has 0 aromatic carbocycles. The van der Waals surface area contributed by atoms with Gasteiger partial charge in [0.25, 0.3) is 0 Å². The Labute approximate surface area is 186 Å². The monoisotopic (exact) mass is 508 g/mol. The van der Waals surface area contributed by atoms with Crippen LogP contribution in [-0.4, -0.2) is 44.3 Å². The first-order valence-electron chi connectivity index (χ1n) is 10.1. The largest absolute Gasteiger partial charge is 0.385 e. The second-order valence-corrected chi connectivity index (χ2v) is 8.57. The Hall–Kier alpha value is -0.410. The van der Waals surface area contributed by atoms with E-state index in [9.17, 15) is 0 Å². The number of hydrogen-bond acceptors (Lipinski definition) is 4. The molecule has 0 atom stereocenters. The predicted molar refractivity (Wildman–Crippen MR) is 127 cm³/mol. The van der Waals surface area contributed by atoms with Crippen LogP contribution in [0.25, 0.3) is 0 Å². The van der Waals surface area contributed by atoms with E-state index in [1.807, 2.05) is 11.3 Å². The summed E-state index contributed by atoms with van der Waals surface area (Å²) in [6, 6.07) is 0. The van der Waals surface area contributed by atoms with E-state index in [0.717, 1.165) is 51.5 Å². The molecule has 0 spiro atoms. The third-order valence-corrected chi connectivity index (χ3v) is 6.39. The normalized spacial score (nSPS) is 16.2. The van der Waals surface area contributed by atoms with E-state index in [0.29, 0.717) is 5.41 Å². The summed E-state index contributed by atoms with van der Waals surface area (Å²) in [4.78, 5) is 11.0. The van der Waals surface area contributed by atoms with Gasteiger partial charge < -0.3 is 15.4 Å². The number of methoxy groups -OCH3 is 1. The predicted octanol–water partition coefficient (Wildman–Crippen LogP) is 4.33. The molecule has 0 bridgehead atoms. The molecule has 0 aliphatic heterocycles. The van der Waals surface area contributed by atoms with Crippen molar-refractivity contribution < 1.29 is 4.74 Å². The SMILES string of the molecule is CCNC(=NCC1(CCOC)CCCC1)NCCc1nc(CC)c(C)s1.I. The molecule has 0 unspecified atom stereocenters. The highest BCUT2D eigenvalue weighted by atomic mass is 127. The maximum absolute atomic E-state index is 5.33. The Balaban J connectivity index is 0.00000364. The van der Waals surface area contributed by atoms with E-state index >= 15 is 0 Å². The highest BCUT2D eigenvalue weighted by Gasteiger charge is 2.33. The number of aromatic nitrogens is 1. The van der Waals surface area contributed by atoms with E-state index < -0.39 is 0 Å². The molecular weight excluding hydrogens is 471 g/mol. The smallest absolute Gasteiger partial charge is 0.191 e. The fraction of sp³-hybridized carbons (Fsp3) is 0.800. The van der Waals surface area contributed by atoms with E-state index in [1.54, 1.807) is 7.11 Å². The van der Waals surface area contributed by atoms with Gasteiger partial charge in [0.1, 0.15) is 0 Å². The quantitative estimate of drug-likeness (QED) is 0.281. The van der Waals surface area contributed by atoms with Crippen LogP contribution in [0.3, 0.4) is 0 Å². The first-order chi connectivity index (χ1) is 12.6. The summed E-state index contributed by atoms with van der Waals surface area (Å²) in [6.45, 7) is 9.93. The molecule has 1 fully saturated rings. The molecule has 27 heavy (non-hydrogen) atoms.